The zero-order chi connectivity index (χ0) is 12.8. The number of hydrogen-bond donors (Lipinski definition) is 1. The number of nitrogens with one attached hydrogen (secondary N) is 1. The van der Waals surface area contributed by atoms with Gasteiger partial charge in [0.2, 0.25) is 0 Å². The smallest absolute Gasteiger partial charge is 0.101 e. The molecule has 0 saturated carbocycles. The van der Waals surface area contributed by atoms with Gasteiger partial charge in [0.15, 0.2) is 0 Å². The molecule has 1 heterocycles. The lowest BCUT2D eigenvalue weighted by atomic mass is 10.2. The van der Waals surface area contributed by atoms with E-state index in [1.165, 1.54) is 0 Å². The molecule has 0 unspecified atom stereocenters. The molecule has 0 aliphatic rings. The number of benzene rings is 1. The topological polar surface area (TPSA) is 66.5 Å². The van der Waals surface area contributed by atoms with Gasteiger partial charge in [0.05, 0.1) is 17.4 Å². The molecule has 2 aromatic rings. The van der Waals surface area contributed by atoms with Crippen LogP contribution in [-0.4, -0.2) is 21.5 Å². The van der Waals surface area contributed by atoms with E-state index >= 15 is 0 Å². The molecule has 1 N–H and O–H groups in total. The fourth-order valence-corrected chi connectivity index (χ4v) is 1.94. The molecule has 1 aromatic carbocycles. The molecule has 6 heteroatoms. The van der Waals surface area contributed by atoms with Crippen molar-refractivity contribution in [2.75, 3.05) is 11.9 Å². The number of aryl methyl sites for hydroxylation is 1. The fraction of sp³-hybridized carbons (Fsp3) is 0.250. The molecule has 0 aliphatic carbocycles. The second-order valence-electron chi connectivity index (χ2n) is 3.75. The van der Waals surface area contributed by atoms with Crippen molar-refractivity contribution in [1.29, 1.82) is 5.26 Å². The predicted molar refractivity (Wildman–Crippen MR) is 72.0 cm³/mol. The van der Waals surface area contributed by atoms with Crippen LogP contribution in [0.3, 0.4) is 0 Å². The Labute approximate surface area is 114 Å². The van der Waals surface area contributed by atoms with Gasteiger partial charge in [-0.3, -0.25) is 4.68 Å². The van der Waals surface area contributed by atoms with Crippen molar-refractivity contribution in [3.8, 4) is 6.07 Å². The van der Waals surface area contributed by atoms with Crippen LogP contribution < -0.4 is 5.32 Å². The molecule has 92 valence electrons. The summed E-state index contributed by atoms with van der Waals surface area (Å²) < 4.78 is 2.74. The molecule has 0 fully saturated rings. The van der Waals surface area contributed by atoms with Crippen molar-refractivity contribution < 1.29 is 0 Å². The average Bonchev–Trinajstić information content (AvgIpc) is 2.88. The van der Waals surface area contributed by atoms with Gasteiger partial charge in [-0.25, -0.2) is 0 Å². The third-order valence-corrected chi connectivity index (χ3v) is 2.95. The molecule has 0 saturated heterocycles. The summed E-state index contributed by atoms with van der Waals surface area (Å²) in [4.78, 5) is 0. The standard InChI is InChI=1S/C12H12BrN5/c13-11-3-2-10(9-14)12(8-11)15-4-1-6-18-7-5-16-17-18/h2-3,5,7-8,15H,1,4,6H2. The molecule has 0 bridgehead atoms. The lowest BCUT2D eigenvalue weighted by molar-refractivity contribution is 0.570. The summed E-state index contributed by atoms with van der Waals surface area (Å²) in [6.07, 6.45) is 4.41. The third-order valence-electron chi connectivity index (χ3n) is 2.45. The van der Waals surface area contributed by atoms with Crippen LogP contribution in [0, 0.1) is 11.3 Å². The lowest BCUT2D eigenvalue weighted by Gasteiger charge is -2.08. The largest absolute Gasteiger partial charge is 0.384 e. The summed E-state index contributed by atoms with van der Waals surface area (Å²) in [6.45, 7) is 1.59. The minimum absolute atomic E-state index is 0.652. The molecule has 0 radical (unpaired) electrons. The summed E-state index contributed by atoms with van der Waals surface area (Å²) in [7, 11) is 0. The number of anilines is 1. The maximum absolute atomic E-state index is 8.99. The quantitative estimate of drug-likeness (QED) is 0.862. The number of rotatable bonds is 5. The highest BCUT2D eigenvalue weighted by Crippen LogP contribution is 2.20. The van der Waals surface area contributed by atoms with E-state index in [-0.39, 0.29) is 0 Å². The second kappa shape index (κ2) is 6.17. The first-order valence-corrected chi connectivity index (χ1v) is 6.36. The molecule has 18 heavy (non-hydrogen) atoms. The van der Waals surface area contributed by atoms with Crippen LogP contribution in [0.1, 0.15) is 12.0 Å². The molecule has 1 aromatic heterocycles. The molecule has 0 atom stereocenters. The Morgan fingerprint density at radius 1 is 1.44 bits per heavy atom. The van der Waals surface area contributed by atoms with Crippen molar-refractivity contribution in [3.05, 3.63) is 40.6 Å². The van der Waals surface area contributed by atoms with Gasteiger partial charge in [-0.2, -0.15) is 5.26 Å². The highest BCUT2D eigenvalue weighted by Gasteiger charge is 2.01. The van der Waals surface area contributed by atoms with Crippen LogP contribution in [0.4, 0.5) is 5.69 Å². The molecule has 0 aliphatic heterocycles. The van der Waals surface area contributed by atoms with Crippen LogP contribution in [0.15, 0.2) is 35.1 Å². The monoisotopic (exact) mass is 305 g/mol. The highest BCUT2D eigenvalue weighted by atomic mass is 79.9. The normalized spacial score (nSPS) is 10.0. The number of halogens is 1. The molecule has 5 nitrogen and oxygen atoms in total. The van der Waals surface area contributed by atoms with Gasteiger partial charge in [0.25, 0.3) is 0 Å². The zero-order valence-corrected chi connectivity index (χ0v) is 11.3. The van der Waals surface area contributed by atoms with E-state index in [1.807, 2.05) is 18.3 Å². The molecule has 2 rings (SSSR count). The third kappa shape index (κ3) is 3.31. The van der Waals surface area contributed by atoms with Crippen molar-refractivity contribution >= 4 is 21.6 Å². The Balaban J connectivity index is 1.86. The summed E-state index contributed by atoms with van der Waals surface area (Å²) in [6, 6.07) is 7.73. The van der Waals surface area contributed by atoms with Gasteiger partial charge in [-0.1, -0.05) is 21.1 Å². The summed E-state index contributed by atoms with van der Waals surface area (Å²) in [5.74, 6) is 0. The molecular weight excluding hydrogens is 294 g/mol. The van der Waals surface area contributed by atoms with E-state index in [0.717, 1.165) is 29.7 Å². The minimum Gasteiger partial charge on any atom is -0.384 e. The summed E-state index contributed by atoms with van der Waals surface area (Å²) in [5, 5.41) is 19.9. The SMILES string of the molecule is N#Cc1ccc(Br)cc1NCCCn1ccnn1. The van der Waals surface area contributed by atoms with Crippen molar-refractivity contribution in [2.45, 2.75) is 13.0 Å². The van der Waals surface area contributed by atoms with Crippen molar-refractivity contribution in [1.82, 2.24) is 15.0 Å². The Morgan fingerprint density at radius 2 is 2.33 bits per heavy atom. The first-order valence-electron chi connectivity index (χ1n) is 5.57. The molecule has 0 spiro atoms. The van der Waals surface area contributed by atoms with E-state index in [4.69, 9.17) is 5.26 Å². The Morgan fingerprint density at radius 3 is 3.06 bits per heavy atom. The summed E-state index contributed by atoms with van der Waals surface area (Å²) in [5.41, 5.74) is 1.50. The Bertz CT molecular complexity index is 544. The van der Waals surface area contributed by atoms with Gasteiger partial charge in [0.1, 0.15) is 6.07 Å². The van der Waals surface area contributed by atoms with Crippen LogP contribution in [-0.2, 0) is 6.54 Å². The predicted octanol–water partition coefficient (Wildman–Crippen LogP) is 2.41. The van der Waals surface area contributed by atoms with Crippen LogP contribution in [0.5, 0.6) is 0 Å². The first-order chi connectivity index (χ1) is 8.79. The number of nitriles is 1. The average molecular weight is 306 g/mol. The minimum atomic E-state index is 0.652. The van der Waals surface area contributed by atoms with Crippen LogP contribution >= 0.6 is 15.9 Å². The van der Waals surface area contributed by atoms with Crippen LogP contribution in [0.2, 0.25) is 0 Å². The second-order valence-corrected chi connectivity index (χ2v) is 4.66. The number of nitrogens with zero attached hydrogens (tertiary/aromatic N) is 4. The highest BCUT2D eigenvalue weighted by molar-refractivity contribution is 9.10. The fourth-order valence-electron chi connectivity index (χ4n) is 1.58. The number of aromatic nitrogens is 3. The molecular formula is C12H12BrN5. The van der Waals surface area contributed by atoms with E-state index in [2.05, 4.69) is 37.6 Å². The summed E-state index contributed by atoms with van der Waals surface area (Å²) >= 11 is 3.39. The lowest BCUT2D eigenvalue weighted by Crippen LogP contribution is -2.08. The van der Waals surface area contributed by atoms with Gasteiger partial charge in [-0.15, -0.1) is 5.10 Å². The van der Waals surface area contributed by atoms with E-state index < -0.39 is 0 Å². The van der Waals surface area contributed by atoms with Gasteiger partial charge in [-0.05, 0) is 24.6 Å². The maximum Gasteiger partial charge on any atom is 0.101 e. The van der Waals surface area contributed by atoms with Gasteiger partial charge < -0.3 is 5.32 Å². The van der Waals surface area contributed by atoms with E-state index in [0.29, 0.717) is 5.56 Å². The van der Waals surface area contributed by atoms with E-state index in [9.17, 15) is 0 Å². The van der Waals surface area contributed by atoms with Crippen molar-refractivity contribution in [3.63, 3.8) is 0 Å². The van der Waals surface area contributed by atoms with E-state index in [1.54, 1.807) is 16.9 Å². The van der Waals surface area contributed by atoms with Gasteiger partial charge in [0, 0.05) is 23.8 Å². The maximum atomic E-state index is 8.99. The molecule has 0 amide bonds. The Hall–Kier alpha value is -1.87. The zero-order valence-electron chi connectivity index (χ0n) is 9.67. The first kappa shape index (κ1) is 12.6. The number of hydrogen-bond acceptors (Lipinski definition) is 4. The Kier molecular flexibility index (Phi) is 4.31. The van der Waals surface area contributed by atoms with Gasteiger partial charge >= 0.3 is 0 Å². The van der Waals surface area contributed by atoms with Crippen molar-refractivity contribution in [2.24, 2.45) is 0 Å². The van der Waals surface area contributed by atoms with Crippen LogP contribution in [0.25, 0.3) is 0 Å².